The normalized spacial score (nSPS) is 10.9. The third-order valence-electron chi connectivity index (χ3n) is 1.14. The largest absolute Gasteiger partial charge is 1.00 e. The summed E-state index contributed by atoms with van der Waals surface area (Å²) in [5.74, 6) is 0.628. The second-order valence-corrected chi connectivity index (χ2v) is 2.74. The predicted octanol–water partition coefficient (Wildman–Crippen LogP) is 0.00799. The van der Waals surface area contributed by atoms with Crippen molar-refractivity contribution in [3.8, 4) is 0 Å². The van der Waals surface area contributed by atoms with Crippen molar-refractivity contribution in [1.82, 2.24) is 0 Å². The minimum atomic E-state index is 0. The van der Waals surface area contributed by atoms with Gasteiger partial charge < -0.3 is 0 Å². The molecule has 0 bridgehead atoms. The Bertz CT molecular complexity index is 91.3. The van der Waals surface area contributed by atoms with Gasteiger partial charge in [0.05, 0.1) is 0 Å². The zero-order valence-electron chi connectivity index (χ0n) is 6.52. The fraction of sp³-hybridized carbons (Fsp3) is 0.375. The van der Waals surface area contributed by atoms with Crippen LogP contribution in [0.4, 0.5) is 0 Å². The third-order valence-corrected chi connectivity index (χ3v) is 2.27. The van der Waals surface area contributed by atoms with Crippen molar-refractivity contribution in [2.24, 2.45) is 5.92 Å². The maximum Gasteiger partial charge on any atom is 1.00 e. The van der Waals surface area contributed by atoms with Gasteiger partial charge in [0, 0.05) is 4.43 Å². The summed E-state index contributed by atoms with van der Waals surface area (Å²) in [6.45, 7) is 7.33. The molecule has 0 aliphatic rings. The molecule has 0 aromatic rings. The van der Waals surface area contributed by atoms with Crippen LogP contribution in [-0.2, 0) is 0 Å². The van der Waals surface area contributed by atoms with Crippen LogP contribution >= 0.6 is 22.6 Å². The van der Waals surface area contributed by atoms with E-state index in [9.17, 15) is 0 Å². The van der Waals surface area contributed by atoms with Crippen LogP contribution < -0.4 is 18.9 Å². The van der Waals surface area contributed by atoms with Crippen LogP contribution in [0.1, 0.15) is 6.42 Å². The SMILES string of the molecule is C=C[CH-]CC(C=C)CI.[Li+]. The number of rotatable bonds is 5. The Hall–Kier alpha value is 0.677. The second-order valence-electron chi connectivity index (χ2n) is 1.86. The van der Waals surface area contributed by atoms with Gasteiger partial charge >= 0.3 is 18.9 Å². The van der Waals surface area contributed by atoms with Crippen molar-refractivity contribution in [1.29, 1.82) is 0 Å². The Morgan fingerprint density at radius 3 is 2.40 bits per heavy atom. The fourth-order valence-electron chi connectivity index (χ4n) is 0.493. The van der Waals surface area contributed by atoms with E-state index in [-0.39, 0.29) is 18.9 Å². The van der Waals surface area contributed by atoms with E-state index in [0.717, 1.165) is 10.8 Å². The van der Waals surface area contributed by atoms with E-state index >= 15 is 0 Å². The molecule has 2 heteroatoms. The topological polar surface area (TPSA) is 0 Å². The van der Waals surface area contributed by atoms with Crippen LogP contribution in [0.15, 0.2) is 25.3 Å². The first-order chi connectivity index (χ1) is 4.35. The van der Waals surface area contributed by atoms with Crippen LogP contribution in [0, 0.1) is 12.3 Å². The molecule has 10 heavy (non-hydrogen) atoms. The number of hydrogen-bond acceptors (Lipinski definition) is 0. The Morgan fingerprint density at radius 1 is 1.50 bits per heavy atom. The summed E-state index contributed by atoms with van der Waals surface area (Å²) in [4.78, 5) is 0. The molecule has 1 unspecified atom stereocenters. The number of halogens is 1. The first kappa shape index (κ1) is 13.3. The molecular weight excluding hydrogens is 230 g/mol. The minimum Gasteiger partial charge on any atom is -0.245 e. The van der Waals surface area contributed by atoms with Crippen LogP contribution in [0.3, 0.4) is 0 Å². The van der Waals surface area contributed by atoms with Gasteiger partial charge in [0.25, 0.3) is 0 Å². The second kappa shape index (κ2) is 9.68. The summed E-state index contributed by atoms with van der Waals surface area (Å²) in [7, 11) is 0. The molecule has 52 valence electrons. The van der Waals surface area contributed by atoms with Crippen LogP contribution in [0.2, 0.25) is 0 Å². The van der Waals surface area contributed by atoms with Gasteiger partial charge in [0.15, 0.2) is 0 Å². The molecule has 0 saturated carbocycles. The van der Waals surface area contributed by atoms with Gasteiger partial charge in [-0.05, 0) is 5.92 Å². The van der Waals surface area contributed by atoms with Crippen molar-refractivity contribution < 1.29 is 18.9 Å². The Morgan fingerprint density at radius 2 is 2.10 bits per heavy atom. The molecule has 0 aromatic carbocycles. The molecule has 1 atom stereocenters. The van der Waals surface area contributed by atoms with E-state index in [1.807, 2.05) is 12.2 Å². The van der Waals surface area contributed by atoms with Crippen LogP contribution in [0.5, 0.6) is 0 Å². The van der Waals surface area contributed by atoms with Gasteiger partial charge in [-0.3, -0.25) is 0 Å². The average molecular weight is 242 g/mol. The van der Waals surface area contributed by atoms with Crippen molar-refractivity contribution in [3.05, 3.63) is 31.7 Å². The molecular formula is C8H12ILi. The zero-order chi connectivity index (χ0) is 7.11. The number of hydrogen-bond donors (Lipinski definition) is 0. The fourth-order valence-corrected chi connectivity index (χ4v) is 1.21. The van der Waals surface area contributed by atoms with Crippen LogP contribution in [0.25, 0.3) is 0 Å². The smallest absolute Gasteiger partial charge is 0.245 e. The molecule has 0 aliphatic heterocycles. The molecule has 0 rings (SSSR count). The molecule has 0 N–H and O–H groups in total. The summed E-state index contributed by atoms with van der Waals surface area (Å²) in [6, 6.07) is 0. The Balaban J connectivity index is 0. The molecule has 0 spiro atoms. The summed E-state index contributed by atoms with van der Waals surface area (Å²) >= 11 is 2.36. The first-order valence-corrected chi connectivity index (χ1v) is 4.50. The molecule has 0 saturated heterocycles. The van der Waals surface area contributed by atoms with Gasteiger partial charge in [-0.15, -0.1) is 6.58 Å². The zero-order valence-corrected chi connectivity index (χ0v) is 8.67. The predicted molar refractivity (Wildman–Crippen MR) is 51.7 cm³/mol. The van der Waals surface area contributed by atoms with E-state index in [1.54, 1.807) is 0 Å². The maximum absolute atomic E-state index is 3.73. The summed E-state index contributed by atoms with van der Waals surface area (Å²) < 4.78 is 1.14. The Labute approximate surface area is 89.5 Å². The van der Waals surface area contributed by atoms with Gasteiger partial charge in [0.2, 0.25) is 0 Å². The summed E-state index contributed by atoms with van der Waals surface area (Å²) in [5.41, 5.74) is 0. The minimum absolute atomic E-state index is 0. The first-order valence-electron chi connectivity index (χ1n) is 2.98. The van der Waals surface area contributed by atoms with Crippen molar-refractivity contribution in [3.63, 3.8) is 0 Å². The molecule has 0 heterocycles. The summed E-state index contributed by atoms with van der Waals surface area (Å²) in [6.07, 6.45) is 6.98. The standard InChI is InChI=1S/C8H12I.Li/c1-3-5-6-8(4-2)7-9;/h3-5,8H,1-2,6-7H2;/q-1;+1. The molecule has 0 aromatic heterocycles. The van der Waals surface area contributed by atoms with Gasteiger partial charge in [-0.2, -0.15) is 0 Å². The molecule has 0 nitrogen and oxygen atoms in total. The van der Waals surface area contributed by atoms with Crippen molar-refractivity contribution in [2.75, 3.05) is 4.43 Å². The van der Waals surface area contributed by atoms with Gasteiger partial charge in [-0.25, -0.2) is 19.1 Å². The monoisotopic (exact) mass is 242 g/mol. The van der Waals surface area contributed by atoms with E-state index in [4.69, 9.17) is 0 Å². The van der Waals surface area contributed by atoms with Gasteiger partial charge in [-0.1, -0.05) is 35.1 Å². The molecule has 0 fully saturated rings. The van der Waals surface area contributed by atoms with E-state index in [1.165, 1.54) is 0 Å². The van der Waals surface area contributed by atoms with Gasteiger partial charge in [0.1, 0.15) is 0 Å². The Kier molecular flexibility index (Phi) is 12.9. The van der Waals surface area contributed by atoms with E-state index in [2.05, 4.69) is 42.2 Å². The maximum atomic E-state index is 3.73. The molecule has 0 radical (unpaired) electrons. The molecule has 0 aliphatic carbocycles. The van der Waals surface area contributed by atoms with E-state index in [0.29, 0.717) is 5.92 Å². The van der Waals surface area contributed by atoms with Crippen molar-refractivity contribution >= 4 is 22.6 Å². The number of allylic oxidation sites excluding steroid dienone is 2. The number of alkyl halides is 1. The molecule has 0 amide bonds. The third kappa shape index (κ3) is 6.79. The van der Waals surface area contributed by atoms with Crippen molar-refractivity contribution in [2.45, 2.75) is 6.42 Å². The quantitative estimate of drug-likeness (QED) is 0.209. The average Bonchev–Trinajstić information content (AvgIpc) is 1.91. The van der Waals surface area contributed by atoms with Crippen LogP contribution in [-0.4, -0.2) is 4.43 Å². The van der Waals surface area contributed by atoms with E-state index < -0.39 is 0 Å². The summed E-state index contributed by atoms with van der Waals surface area (Å²) in [5, 5.41) is 0.